The third-order valence-electron chi connectivity index (χ3n) is 6.55. The van der Waals surface area contributed by atoms with Crippen molar-refractivity contribution in [2.24, 2.45) is 17.8 Å². The zero-order valence-corrected chi connectivity index (χ0v) is 15.0. The first-order valence-corrected chi connectivity index (χ1v) is 9.48. The number of para-hydroxylation sites is 1. The van der Waals surface area contributed by atoms with Crippen LogP contribution in [0.15, 0.2) is 24.3 Å². The number of carbonyl (C=O) groups excluding carboxylic acids is 1. The number of amides is 1. The number of carbonyl (C=O) groups is 1. The van der Waals surface area contributed by atoms with Crippen molar-refractivity contribution in [2.45, 2.75) is 59.0 Å². The summed E-state index contributed by atoms with van der Waals surface area (Å²) in [4.78, 5) is 13.1. The molecule has 2 bridgehead atoms. The minimum absolute atomic E-state index is 0.0980. The number of aromatic nitrogens is 1. The molecule has 2 aliphatic rings. The summed E-state index contributed by atoms with van der Waals surface area (Å²) in [5, 5.41) is 4.53. The molecular formula is C21H28N2O. The van der Waals surface area contributed by atoms with E-state index in [1.165, 1.54) is 31.1 Å². The van der Waals surface area contributed by atoms with Gasteiger partial charge in [0.1, 0.15) is 5.69 Å². The van der Waals surface area contributed by atoms with Gasteiger partial charge in [-0.3, -0.25) is 4.79 Å². The Morgan fingerprint density at radius 1 is 1.29 bits per heavy atom. The Hall–Kier alpha value is -1.77. The molecule has 1 amide bonds. The predicted octanol–water partition coefficient (Wildman–Crippen LogP) is 4.52. The molecule has 24 heavy (non-hydrogen) atoms. The molecule has 4 atom stereocenters. The first kappa shape index (κ1) is 15.7. The highest BCUT2D eigenvalue weighted by atomic mass is 16.2. The number of nitrogens with one attached hydrogen (secondary N) is 1. The second-order valence-corrected chi connectivity index (χ2v) is 7.84. The van der Waals surface area contributed by atoms with Gasteiger partial charge in [0.2, 0.25) is 0 Å². The van der Waals surface area contributed by atoms with Gasteiger partial charge in [0.25, 0.3) is 5.91 Å². The molecule has 1 aromatic carbocycles. The van der Waals surface area contributed by atoms with Gasteiger partial charge in [0, 0.05) is 23.5 Å². The maximum absolute atomic E-state index is 13.1. The number of hydrogen-bond acceptors (Lipinski definition) is 1. The maximum Gasteiger partial charge on any atom is 0.268 e. The number of nitrogens with zero attached hydrogens (tertiary/aromatic N) is 1. The van der Waals surface area contributed by atoms with E-state index in [0.717, 1.165) is 35.2 Å². The molecule has 2 fully saturated rings. The van der Waals surface area contributed by atoms with Crippen molar-refractivity contribution in [3.05, 3.63) is 35.5 Å². The van der Waals surface area contributed by atoms with E-state index < -0.39 is 0 Å². The van der Waals surface area contributed by atoms with Gasteiger partial charge in [-0.25, -0.2) is 0 Å². The largest absolute Gasteiger partial charge is 0.348 e. The second-order valence-electron chi connectivity index (χ2n) is 7.84. The lowest BCUT2D eigenvalue weighted by Gasteiger charge is -2.28. The van der Waals surface area contributed by atoms with Gasteiger partial charge in [-0.05, 0) is 69.4 Å². The van der Waals surface area contributed by atoms with E-state index in [1.807, 2.05) is 6.07 Å². The van der Waals surface area contributed by atoms with Gasteiger partial charge in [-0.1, -0.05) is 24.6 Å². The van der Waals surface area contributed by atoms with Gasteiger partial charge in [-0.15, -0.1) is 0 Å². The van der Waals surface area contributed by atoms with Crippen molar-refractivity contribution in [1.82, 2.24) is 9.88 Å². The average molecular weight is 324 g/mol. The Morgan fingerprint density at radius 3 is 2.75 bits per heavy atom. The van der Waals surface area contributed by atoms with E-state index >= 15 is 0 Å². The van der Waals surface area contributed by atoms with Crippen LogP contribution in [0.4, 0.5) is 0 Å². The van der Waals surface area contributed by atoms with E-state index in [1.54, 1.807) is 0 Å². The molecule has 0 spiro atoms. The molecular weight excluding hydrogens is 296 g/mol. The minimum Gasteiger partial charge on any atom is -0.348 e. The van der Waals surface area contributed by atoms with Crippen LogP contribution in [0.25, 0.3) is 10.9 Å². The Kier molecular flexibility index (Phi) is 3.90. The van der Waals surface area contributed by atoms with E-state index in [4.69, 9.17) is 0 Å². The molecule has 2 saturated carbocycles. The van der Waals surface area contributed by atoms with Crippen LogP contribution in [0.3, 0.4) is 0 Å². The van der Waals surface area contributed by atoms with E-state index in [0.29, 0.717) is 5.92 Å². The zero-order chi connectivity index (χ0) is 16.8. The molecule has 0 saturated heterocycles. The number of rotatable bonds is 4. The standard InChI is InChI=1S/C21H28N2O/c1-4-23-19-8-6-5-7-17(19)13(2)20(23)21(24)22-14(3)18-12-15-9-10-16(18)11-15/h5-8,14-16,18H,4,9-12H2,1-3H3,(H,22,24). The number of aryl methyl sites for hydroxylation is 2. The molecule has 3 heteroatoms. The normalized spacial score (nSPS) is 26.9. The molecule has 1 heterocycles. The number of fused-ring (bicyclic) bond motifs is 3. The Balaban J connectivity index is 1.60. The first-order chi connectivity index (χ1) is 11.6. The quantitative estimate of drug-likeness (QED) is 0.881. The van der Waals surface area contributed by atoms with Gasteiger partial charge >= 0.3 is 0 Å². The van der Waals surface area contributed by atoms with Crippen LogP contribution >= 0.6 is 0 Å². The smallest absolute Gasteiger partial charge is 0.268 e. The van der Waals surface area contributed by atoms with Crippen molar-refractivity contribution < 1.29 is 4.79 Å². The number of hydrogen-bond donors (Lipinski definition) is 1. The highest BCUT2D eigenvalue weighted by molar-refractivity contribution is 6.01. The van der Waals surface area contributed by atoms with Crippen molar-refractivity contribution in [3.63, 3.8) is 0 Å². The van der Waals surface area contributed by atoms with Crippen LogP contribution in [-0.2, 0) is 6.54 Å². The van der Waals surface area contributed by atoms with Gasteiger partial charge in [0.15, 0.2) is 0 Å². The van der Waals surface area contributed by atoms with E-state index in [2.05, 4.69) is 48.9 Å². The third kappa shape index (κ3) is 2.37. The molecule has 1 aromatic heterocycles. The number of benzene rings is 1. The summed E-state index contributed by atoms with van der Waals surface area (Å²) in [7, 11) is 0. The van der Waals surface area contributed by atoms with Crippen LogP contribution in [0.5, 0.6) is 0 Å². The van der Waals surface area contributed by atoms with Crippen LogP contribution < -0.4 is 5.32 Å². The summed E-state index contributed by atoms with van der Waals surface area (Å²) >= 11 is 0. The van der Waals surface area contributed by atoms with Gasteiger partial charge < -0.3 is 9.88 Å². The summed E-state index contributed by atoms with van der Waals surface area (Å²) in [6.07, 6.45) is 5.47. The average Bonchev–Trinajstić information content (AvgIpc) is 3.28. The molecule has 3 nitrogen and oxygen atoms in total. The van der Waals surface area contributed by atoms with Crippen molar-refractivity contribution in [1.29, 1.82) is 0 Å². The summed E-state index contributed by atoms with van der Waals surface area (Å²) in [5.74, 6) is 2.53. The fourth-order valence-corrected chi connectivity index (χ4v) is 5.39. The summed E-state index contributed by atoms with van der Waals surface area (Å²) in [5.41, 5.74) is 3.11. The Morgan fingerprint density at radius 2 is 2.08 bits per heavy atom. The minimum atomic E-state index is 0.0980. The Bertz CT molecular complexity index is 775. The SMILES string of the molecule is CCn1c(C(=O)NC(C)C2CC3CCC2C3)c(C)c2ccccc21. The molecule has 4 rings (SSSR count). The van der Waals surface area contributed by atoms with Gasteiger partial charge in [0.05, 0.1) is 0 Å². The van der Waals surface area contributed by atoms with Crippen molar-refractivity contribution in [2.75, 3.05) is 0 Å². The van der Waals surface area contributed by atoms with Crippen LogP contribution in [0.1, 0.15) is 55.6 Å². The molecule has 4 unspecified atom stereocenters. The lowest BCUT2D eigenvalue weighted by Crippen LogP contribution is -2.41. The van der Waals surface area contributed by atoms with Crippen molar-refractivity contribution in [3.8, 4) is 0 Å². The summed E-state index contributed by atoms with van der Waals surface area (Å²) in [6, 6.07) is 8.60. The molecule has 2 aromatic rings. The van der Waals surface area contributed by atoms with Crippen molar-refractivity contribution >= 4 is 16.8 Å². The van der Waals surface area contributed by atoms with Crippen LogP contribution in [0.2, 0.25) is 0 Å². The monoisotopic (exact) mass is 324 g/mol. The highest BCUT2D eigenvalue weighted by Crippen LogP contribution is 2.49. The first-order valence-electron chi connectivity index (χ1n) is 9.48. The summed E-state index contributed by atoms with van der Waals surface area (Å²) < 4.78 is 2.16. The second kappa shape index (κ2) is 5.94. The van der Waals surface area contributed by atoms with Crippen LogP contribution in [0, 0.1) is 24.7 Å². The third-order valence-corrected chi connectivity index (χ3v) is 6.55. The lowest BCUT2D eigenvalue weighted by molar-refractivity contribution is 0.0906. The molecule has 0 radical (unpaired) electrons. The van der Waals surface area contributed by atoms with E-state index in [-0.39, 0.29) is 11.9 Å². The molecule has 128 valence electrons. The summed E-state index contributed by atoms with van der Waals surface area (Å²) in [6.45, 7) is 7.21. The zero-order valence-electron chi connectivity index (χ0n) is 15.0. The molecule has 2 aliphatic carbocycles. The fraction of sp³-hybridized carbons (Fsp3) is 0.571. The van der Waals surface area contributed by atoms with Gasteiger partial charge in [-0.2, -0.15) is 0 Å². The van der Waals surface area contributed by atoms with Crippen LogP contribution in [-0.4, -0.2) is 16.5 Å². The Labute approximate surface area is 144 Å². The topological polar surface area (TPSA) is 34.0 Å². The molecule has 0 aliphatic heterocycles. The maximum atomic E-state index is 13.1. The predicted molar refractivity (Wildman–Crippen MR) is 98.2 cm³/mol. The highest BCUT2D eigenvalue weighted by Gasteiger charge is 2.42. The lowest BCUT2D eigenvalue weighted by atomic mass is 9.84. The van der Waals surface area contributed by atoms with E-state index in [9.17, 15) is 4.79 Å². The molecule has 1 N–H and O–H groups in total. The fourth-order valence-electron chi connectivity index (χ4n) is 5.39.